The molecule has 0 radical (unpaired) electrons. The molecule has 0 aliphatic carbocycles. The summed E-state index contributed by atoms with van der Waals surface area (Å²) in [4.78, 5) is 16.0. The smallest absolute Gasteiger partial charge is 0.248 e. The van der Waals surface area contributed by atoms with E-state index >= 15 is 0 Å². The highest BCUT2D eigenvalue weighted by atomic mass is 19.1. The van der Waals surface area contributed by atoms with Gasteiger partial charge in [0.2, 0.25) is 5.91 Å². The lowest BCUT2D eigenvalue weighted by Crippen LogP contribution is -2.13. The SMILES string of the molecule is CCc1cc(-c2cc(Oc3cc(F)c4cnn(C)c4c3)ccn2)ccc1C(N)=O. The highest BCUT2D eigenvalue weighted by molar-refractivity contribution is 5.95. The lowest BCUT2D eigenvalue weighted by molar-refractivity contribution is 0.0999. The third-order valence-corrected chi connectivity index (χ3v) is 4.80. The average molecular weight is 390 g/mol. The molecule has 0 atom stereocenters. The molecule has 0 aliphatic heterocycles. The maximum Gasteiger partial charge on any atom is 0.248 e. The quantitative estimate of drug-likeness (QED) is 0.553. The number of rotatable bonds is 5. The molecule has 0 unspecified atom stereocenters. The van der Waals surface area contributed by atoms with Crippen molar-refractivity contribution >= 4 is 16.8 Å². The number of nitrogens with two attached hydrogens (primary N) is 1. The standard InChI is InChI=1S/C22H19FN4O2/c1-3-13-8-14(4-5-17(13)22(24)28)20-10-15(6-7-25-20)29-16-9-19(23)18-12-26-27(2)21(18)11-16/h4-12H,3H2,1-2H3,(H2,24,28). The Morgan fingerprint density at radius 1 is 1.17 bits per heavy atom. The van der Waals surface area contributed by atoms with E-state index < -0.39 is 11.7 Å². The Labute approximate surface area is 166 Å². The number of halogens is 1. The fourth-order valence-electron chi connectivity index (χ4n) is 3.29. The van der Waals surface area contributed by atoms with Crippen molar-refractivity contribution in [1.29, 1.82) is 0 Å². The predicted molar refractivity (Wildman–Crippen MR) is 108 cm³/mol. The highest BCUT2D eigenvalue weighted by Gasteiger charge is 2.12. The molecule has 2 aromatic carbocycles. The van der Waals surface area contributed by atoms with Crippen LogP contribution in [0, 0.1) is 5.82 Å². The van der Waals surface area contributed by atoms with Gasteiger partial charge in [0.25, 0.3) is 0 Å². The minimum Gasteiger partial charge on any atom is -0.457 e. The maximum atomic E-state index is 14.3. The number of hydrogen-bond acceptors (Lipinski definition) is 4. The van der Waals surface area contributed by atoms with E-state index in [1.54, 1.807) is 48.3 Å². The number of pyridine rings is 1. The number of carbonyl (C=O) groups excluding carboxylic acids is 1. The fourth-order valence-corrected chi connectivity index (χ4v) is 3.29. The topological polar surface area (TPSA) is 83.0 Å². The Morgan fingerprint density at radius 2 is 2.00 bits per heavy atom. The summed E-state index contributed by atoms with van der Waals surface area (Å²) in [5.41, 5.74) is 8.95. The summed E-state index contributed by atoms with van der Waals surface area (Å²) in [6.45, 7) is 1.96. The molecule has 2 aromatic heterocycles. The first-order valence-electron chi connectivity index (χ1n) is 9.14. The highest BCUT2D eigenvalue weighted by Crippen LogP contribution is 2.30. The monoisotopic (exact) mass is 390 g/mol. The lowest BCUT2D eigenvalue weighted by Gasteiger charge is -2.10. The molecular formula is C22H19FN4O2. The minimum atomic E-state index is -0.453. The van der Waals surface area contributed by atoms with E-state index in [-0.39, 0.29) is 0 Å². The lowest BCUT2D eigenvalue weighted by atomic mass is 9.99. The van der Waals surface area contributed by atoms with Crippen LogP contribution < -0.4 is 10.5 Å². The second-order valence-electron chi connectivity index (χ2n) is 6.67. The van der Waals surface area contributed by atoms with Gasteiger partial charge in [0.1, 0.15) is 17.3 Å². The van der Waals surface area contributed by atoms with Crippen molar-refractivity contribution in [2.24, 2.45) is 12.8 Å². The Balaban J connectivity index is 1.68. The molecule has 4 aromatic rings. The van der Waals surface area contributed by atoms with Crippen molar-refractivity contribution < 1.29 is 13.9 Å². The van der Waals surface area contributed by atoms with Gasteiger partial charge in [0, 0.05) is 42.6 Å². The van der Waals surface area contributed by atoms with Gasteiger partial charge in [0.05, 0.1) is 22.8 Å². The number of hydrogen-bond donors (Lipinski definition) is 1. The van der Waals surface area contributed by atoms with Crippen molar-refractivity contribution in [2.75, 3.05) is 0 Å². The summed E-state index contributed by atoms with van der Waals surface area (Å²) in [5.74, 6) is 0.0440. The van der Waals surface area contributed by atoms with E-state index in [1.165, 1.54) is 12.3 Å². The van der Waals surface area contributed by atoms with E-state index in [0.717, 1.165) is 11.1 Å². The zero-order valence-electron chi connectivity index (χ0n) is 16.0. The number of fused-ring (bicyclic) bond motifs is 1. The Kier molecular flexibility index (Phi) is 4.72. The average Bonchev–Trinajstić information content (AvgIpc) is 3.09. The van der Waals surface area contributed by atoms with E-state index in [0.29, 0.717) is 40.1 Å². The van der Waals surface area contributed by atoms with E-state index in [1.807, 2.05) is 13.0 Å². The van der Waals surface area contributed by atoms with Crippen LogP contribution >= 0.6 is 0 Å². The first kappa shape index (κ1) is 18.6. The summed E-state index contributed by atoms with van der Waals surface area (Å²) in [5, 5.41) is 4.51. The summed E-state index contributed by atoms with van der Waals surface area (Å²) < 4.78 is 21.8. The Hall–Kier alpha value is -3.74. The Bertz CT molecular complexity index is 1230. The number of aryl methyl sites for hydroxylation is 2. The van der Waals surface area contributed by atoms with Crippen LogP contribution in [0.25, 0.3) is 22.2 Å². The van der Waals surface area contributed by atoms with Crippen LogP contribution in [0.4, 0.5) is 4.39 Å². The van der Waals surface area contributed by atoms with Crippen molar-refractivity contribution in [1.82, 2.24) is 14.8 Å². The fraction of sp³-hybridized carbons (Fsp3) is 0.136. The molecular weight excluding hydrogens is 371 g/mol. The molecule has 0 bridgehead atoms. The number of aromatic nitrogens is 3. The second-order valence-corrected chi connectivity index (χ2v) is 6.67. The van der Waals surface area contributed by atoms with E-state index in [4.69, 9.17) is 10.5 Å². The molecule has 0 aliphatic rings. The minimum absolute atomic E-state index is 0.370. The first-order chi connectivity index (χ1) is 14.0. The number of carbonyl (C=O) groups is 1. The Morgan fingerprint density at radius 3 is 2.76 bits per heavy atom. The molecule has 7 heteroatoms. The van der Waals surface area contributed by atoms with Crippen molar-refractivity contribution in [3.63, 3.8) is 0 Å². The van der Waals surface area contributed by atoms with Gasteiger partial charge in [-0.2, -0.15) is 5.10 Å². The molecule has 146 valence electrons. The molecule has 0 saturated carbocycles. The predicted octanol–water partition coefficient (Wildman–Crippen LogP) is 4.23. The zero-order chi connectivity index (χ0) is 20.5. The number of benzene rings is 2. The largest absolute Gasteiger partial charge is 0.457 e. The van der Waals surface area contributed by atoms with E-state index in [9.17, 15) is 9.18 Å². The number of ether oxygens (including phenoxy) is 1. The molecule has 1 amide bonds. The van der Waals surface area contributed by atoms with Crippen LogP contribution in [0.5, 0.6) is 11.5 Å². The van der Waals surface area contributed by atoms with Crippen LogP contribution in [0.3, 0.4) is 0 Å². The summed E-state index contributed by atoms with van der Waals surface area (Å²) in [7, 11) is 1.75. The molecule has 0 spiro atoms. The summed E-state index contributed by atoms with van der Waals surface area (Å²) in [6.07, 6.45) is 3.78. The van der Waals surface area contributed by atoms with Gasteiger partial charge in [-0.3, -0.25) is 14.5 Å². The van der Waals surface area contributed by atoms with Crippen molar-refractivity contribution in [3.05, 3.63) is 71.8 Å². The van der Waals surface area contributed by atoms with Crippen molar-refractivity contribution in [3.8, 4) is 22.8 Å². The molecule has 2 heterocycles. The summed E-state index contributed by atoms with van der Waals surface area (Å²) in [6, 6.07) is 11.9. The number of nitrogens with zero attached hydrogens (tertiary/aromatic N) is 3. The van der Waals surface area contributed by atoms with Crippen LogP contribution in [-0.2, 0) is 13.5 Å². The zero-order valence-corrected chi connectivity index (χ0v) is 16.0. The summed E-state index contributed by atoms with van der Waals surface area (Å²) >= 11 is 0. The van der Waals surface area contributed by atoms with Crippen LogP contribution in [0.2, 0.25) is 0 Å². The number of amides is 1. The van der Waals surface area contributed by atoms with Gasteiger partial charge < -0.3 is 10.5 Å². The van der Waals surface area contributed by atoms with E-state index in [2.05, 4.69) is 10.1 Å². The number of primary amides is 1. The van der Waals surface area contributed by atoms with Gasteiger partial charge >= 0.3 is 0 Å². The maximum absolute atomic E-state index is 14.3. The third kappa shape index (κ3) is 3.54. The van der Waals surface area contributed by atoms with Gasteiger partial charge in [-0.15, -0.1) is 0 Å². The first-order valence-corrected chi connectivity index (χ1v) is 9.14. The second kappa shape index (κ2) is 7.35. The molecule has 0 saturated heterocycles. The van der Waals surface area contributed by atoms with Crippen LogP contribution in [0.15, 0.2) is 54.9 Å². The van der Waals surface area contributed by atoms with Gasteiger partial charge in [-0.1, -0.05) is 13.0 Å². The molecule has 29 heavy (non-hydrogen) atoms. The van der Waals surface area contributed by atoms with Crippen molar-refractivity contribution in [2.45, 2.75) is 13.3 Å². The molecule has 6 nitrogen and oxygen atoms in total. The molecule has 0 fully saturated rings. The van der Waals surface area contributed by atoms with Crippen LogP contribution in [0.1, 0.15) is 22.8 Å². The third-order valence-electron chi connectivity index (χ3n) is 4.80. The molecule has 2 N–H and O–H groups in total. The normalized spacial score (nSPS) is 11.0. The molecule has 4 rings (SSSR count). The van der Waals surface area contributed by atoms with Crippen LogP contribution in [-0.4, -0.2) is 20.7 Å². The van der Waals surface area contributed by atoms with Gasteiger partial charge in [-0.05, 0) is 30.2 Å². The van der Waals surface area contributed by atoms with Gasteiger partial charge in [0.15, 0.2) is 0 Å². The van der Waals surface area contributed by atoms with Gasteiger partial charge in [-0.25, -0.2) is 4.39 Å².